The number of rotatable bonds is 8. The largest absolute Gasteiger partial charge is 0.440 e. The number of amides is 2. The maximum absolute atomic E-state index is 12.9. The summed E-state index contributed by atoms with van der Waals surface area (Å²) in [6.07, 6.45) is 5.36. The second-order valence-electron chi connectivity index (χ2n) is 7.76. The van der Waals surface area contributed by atoms with Crippen LogP contribution >= 0.6 is 11.6 Å². The Hall–Kier alpha value is -2.01. The van der Waals surface area contributed by atoms with Gasteiger partial charge in [-0.1, -0.05) is 44.9 Å². The first kappa shape index (κ1) is 20.7. The van der Waals surface area contributed by atoms with E-state index in [-0.39, 0.29) is 23.7 Å². The van der Waals surface area contributed by atoms with Crippen LogP contribution in [0.4, 0.5) is 4.79 Å². The highest BCUT2D eigenvalue weighted by Crippen LogP contribution is 2.40. The Morgan fingerprint density at radius 1 is 1.29 bits per heavy atom. The fourth-order valence-corrected chi connectivity index (χ4v) is 4.59. The zero-order valence-electron chi connectivity index (χ0n) is 16.8. The minimum atomic E-state index is -0.649. The molecule has 0 saturated carbocycles. The monoisotopic (exact) mass is 404 g/mol. The second kappa shape index (κ2) is 8.56. The van der Waals surface area contributed by atoms with E-state index in [1.807, 2.05) is 24.4 Å². The van der Waals surface area contributed by atoms with Crippen LogP contribution in [0.2, 0.25) is 0 Å². The summed E-state index contributed by atoms with van der Waals surface area (Å²) < 4.78 is 5.93. The summed E-state index contributed by atoms with van der Waals surface area (Å²) in [4.78, 5) is 30.3. The van der Waals surface area contributed by atoms with Crippen molar-refractivity contribution < 1.29 is 14.3 Å². The number of cyclic esters (lactones) is 1. The number of aromatic amines is 1. The third-order valence-electron chi connectivity index (χ3n) is 5.57. The molecule has 1 aromatic heterocycles. The van der Waals surface area contributed by atoms with E-state index in [4.69, 9.17) is 16.3 Å². The number of hydrogen-bond acceptors (Lipinski definition) is 3. The van der Waals surface area contributed by atoms with Crippen molar-refractivity contribution in [3.63, 3.8) is 0 Å². The summed E-state index contributed by atoms with van der Waals surface area (Å²) in [7, 11) is 0. The van der Waals surface area contributed by atoms with Crippen LogP contribution in [0.3, 0.4) is 0 Å². The quantitative estimate of drug-likeness (QED) is 0.598. The number of carbonyl (C=O) groups excluding carboxylic acids is 2. The first-order valence-electron chi connectivity index (χ1n) is 10.2. The van der Waals surface area contributed by atoms with Gasteiger partial charge in [-0.3, -0.25) is 4.79 Å². The maximum Gasteiger partial charge on any atom is 0.417 e. The minimum absolute atomic E-state index is 0.120. The molecule has 0 aliphatic carbocycles. The van der Waals surface area contributed by atoms with E-state index >= 15 is 0 Å². The standard InChI is InChI=1S/C22H29ClN2O3/c1-4-10-22(11-5-2)19(25(21(27)28-22)20(26)12-15(3)23)13-16-14-24-18-9-7-6-8-17(16)18/h6-9,14-15,19,24H,4-5,10-13H2,1-3H3/t15-,19-/m0/s1. The number of ether oxygens (including phenoxy) is 1. The van der Waals surface area contributed by atoms with E-state index in [0.29, 0.717) is 6.42 Å². The number of hydrogen-bond donors (Lipinski definition) is 1. The number of halogens is 1. The molecule has 5 nitrogen and oxygen atoms in total. The molecule has 0 spiro atoms. The number of benzene rings is 1. The van der Waals surface area contributed by atoms with Gasteiger partial charge in [-0.25, -0.2) is 9.69 Å². The summed E-state index contributed by atoms with van der Waals surface area (Å²) >= 11 is 6.06. The van der Waals surface area contributed by atoms with Gasteiger partial charge in [0, 0.05) is 28.9 Å². The summed E-state index contributed by atoms with van der Waals surface area (Å²) in [5.41, 5.74) is 1.49. The van der Waals surface area contributed by atoms with Crippen LogP contribution in [-0.4, -0.2) is 38.9 Å². The van der Waals surface area contributed by atoms with Crippen LogP contribution in [0.1, 0.15) is 58.4 Å². The smallest absolute Gasteiger partial charge is 0.417 e. The lowest BCUT2D eigenvalue weighted by Crippen LogP contribution is -2.49. The van der Waals surface area contributed by atoms with Crippen molar-refractivity contribution in [2.24, 2.45) is 0 Å². The SMILES string of the molecule is CCCC1(CCC)OC(=O)N(C(=O)C[C@H](C)Cl)[C@H]1Cc1c[nH]c2ccccc12. The molecule has 0 bridgehead atoms. The number of aromatic nitrogens is 1. The number of nitrogens with one attached hydrogen (secondary N) is 1. The van der Waals surface area contributed by atoms with Gasteiger partial charge in [-0.2, -0.15) is 0 Å². The third kappa shape index (κ3) is 3.90. The van der Waals surface area contributed by atoms with Gasteiger partial charge in [0.2, 0.25) is 5.91 Å². The molecule has 1 aliphatic rings. The molecule has 1 N–H and O–H groups in total. The lowest BCUT2D eigenvalue weighted by molar-refractivity contribution is -0.129. The van der Waals surface area contributed by atoms with Crippen molar-refractivity contribution in [1.29, 1.82) is 0 Å². The molecular weight excluding hydrogens is 376 g/mol. The Kier molecular flexibility index (Phi) is 6.33. The van der Waals surface area contributed by atoms with E-state index < -0.39 is 11.7 Å². The van der Waals surface area contributed by atoms with Crippen LogP contribution in [0.25, 0.3) is 10.9 Å². The number of imide groups is 1. The molecule has 1 aliphatic heterocycles. The molecule has 0 radical (unpaired) electrons. The van der Waals surface area contributed by atoms with Crippen molar-refractivity contribution in [2.75, 3.05) is 0 Å². The fourth-order valence-electron chi connectivity index (χ4n) is 4.46. The van der Waals surface area contributed by atoms with Crippen LogP contribution in [-0.2, 0) is 16.0 Å². The van der Waals surface area contributed by atoms with E-state index in [2.05, 4.69) is 24.9 Å². The van der Waals surface area contributed by atoms with Crippen LogP contribution < -0.4 is 0 Å². The Labute approximate surface area is 171 Å². The molecule has 152 valence electrons. The van der Waals surface area contributed by atoms with Gasteiger partial charge in [0.1, 0.15) is 5.60 Å². The number of nitrogens with zero attached hydrogens (tertiary/aromatic N) is 1. The molecule has 2 atom stereocenters. The Balaban J connectivity index is 2.01. The predicted octanol–water partition coefficient (Wildman–Crippen LogP) is 5.41. The maximum atomic E-state index is 12.9. The van der Waals surface area contributed by atoms with Gasteiger partial charge in [0.15, 0.2) is 0 Å². The minimum Gasteiger partial charge on any atom is -0.440 e. The lowest BCUT2D eigenvalue weighted by atomic mass is 9.81. The normalized spacial score (nSPS) is 19.8. The van der Waals surface area contributed by atoms with Crippen LogP contribution in [0.15, 0.2) is 30.5 Å². The molecule has 1 saturated heterocycles. The zero-order chi connectivity index (χ0) is 20.3. The van der Waals surface area contributed by atoms with Gasteiger partial charge >= 0.3 is 6.09 Å². The number of para-hydroxylation sites is 1. The molecule has 3 rings (SSSR count). The summed E-state index contributed by atoms with van der Waals surface area (Å²) in [5.74, 6) is -0.258. The van der Waals surface area contributed by atoms with Crippen molar-refractivity contribution in [2.45, 2.75) is 76.3 Å². The molecule has 0 unspecified atom stereocenters. The summed E-state index contributed by atoms with van der Waals surface area (Å²) in [6.45, 7) is 5.93. The Morgan fingerprint density at radius 2 is 1.96 bits per heavy atom. The molecule has 2 amide bonds. The molecular formula is C22H29ClN2O3. The van der Waals surface area contributed by atoms with Gasteiger partial charge in [-0.05, 0) is 37.8 Å². The van der Waals surface area contributed by atoms with E-state index in [0.717, 1.165) is 42.1 Å². The first-order chi connectivity index (χ1) is 13.4. The lowest BCUT2D eigenvalue weighted by Gasteiger charge is -2.34. The average molecular weight is 405 g/mol. The van der Waals surface area contributed by atoms with Gasteiger partial charge in [-0.15, -0.1) is 11.6 Å². The third-order valence-corrected chi connectivity index (χ3v) is 5.72. The highest BCUT2D eigenvalue weighted by molar-refractivity contribution is 6.21. The van der Waals surface area contributed by atoms with E-state index in [9.17, 15) is 9.59 Å². The number of fused-ring (bicyclic) bond motifs is 1. The summed E-state index contributed by atoms with van der Waals surface area (Å²) in [5, 5.41) is 0.781. The van der Waals surface area contributed by atoms with Crippen molar-refractivity contribution in [3.8, 4) is 0 Å². The topological polar surface area (TPSA) is 62.4 Å². The zero-order valence-corrected chi connectivity index (χ0v) is 17.6. The van der Waals surface area contributed by atoms with Crippen molar-refractivity contribution in [1.82, 2.24) is 9.88 Å². The molecule has 2 aromatic rings. The molecule has 1 fully saturated rings. The van der Waals surface area contributed by atoms with Gasteiger partial charge < -0.3 is 9.72 Å². The average Bonchev–Trinajstić information content (AvgIpc) is 3.15. The van der Waals surface area contributed by atoms with Crippen molar-refractivity contribution in [3.05, 3.63) is 36.0 Å². The predicted molar refractivity (Wildman–Crippen MR) is 112 cm³/mol. The molecule has 28 heavy (non-hydrogen) atoms. The Morgan fingerprint density at radius 3 is 2.61 bits per heavy atom. The number of H-pyrrole nitrogens is 1. The fraction of sp³-hybridized carbons (Fsp3) is 0.545. The molecule has 2 heterocycles. The van der Waals surface area contributed by atoms with Crippen molar-refractivity contribution >= 4 is 34.5 Å². The highest BCUT2D eigenvalue weighted by Gasteiger charge is 2.54. The number of carbonyl (C=O) groups is 2. The van der Waals surface area contributed by atoms with E-state index in [1.165, 1.54) is 4.90 Å². The van der Waals surface area contributed by atoms with E-state index in [1.54, 1.807) is 6.92 Å². The molecule has 1 aromatic carbocycles. The highest BCUT2D eigenvalue weighted by atomic mass is 35.5. The second-order valence-corrected chi connectivity index (χ2v) is 8.51. The van der Waals surface area contributed by atoms with Crippen LogP contribution in [0, 0.1) is 0 Å². The van der Waals surface area contributed by atoms with Gasteiger partial charge in [0.05, 0.1) is 6.04 Å². The Bertz CT molecular complexity index is 839. The van der Waals surface area contributed by atoms with Gasteiger partial charge in [0.25, 0.3) is 0 Å². The van der Waals surface area contributed by atoms with Crippen LogP contribution in [0.5, 0.6) is 0 Å². The molecule has 6 heteroatoms. The number of alkyl halides is 1. The first-order valence-corrected chi connectivity index (χ1v) is 10.6. The summed E-state index contributed by atoms with van der Waals surface area (Å²) in [6, 6.07) is 7.74.